The Morgan fingerprint density at radius 1 is 1.22 bits per heavy atom. The zero-order valence-corrected chi connectivity index (χ0v) is 16.2. The Balaban J connectivity index is 1.89. The van der Waals surface area contributed by atoms with Crippen molar-refractivity contribution >= 4 is 34.8 Å². The molecule has 0 spiro atoms. The van der Waals surface area contributed by atoms with E-state index in [1.54, 1.807) is 31.7 Å². The van der Waals surface area contributed by atoms with E-state index in [2.05, 4.69) is 17.4 Å². The standard InChI is InChI=1S/C21H21N3O2S/c1-14(2)19(25)12-21(26)24(9-8-22)17-5-3-4-15(10-17)16-6-7-18-20(11-16)27-13-23-18/h3-7,10-11,14,23H,9,12-13H2,1-2H3. The number of fused-ring (bicyclic) bond motifs is 1. The number of ketones is 1. The Bertz CT molecular complexity index is 918. The third-order valence-electron chi connectivity index (χ3n) is 4.46. The van der Waals surface area contributed by atoms with Crippen molar-refractivity contribution in [1.82, 2.24) is 0 Å². The summed E-state index contributed by atoms with van der Waals surface area (Å²) in [5, 5.41) is 12.5. The van der Waals surface area contributed by atoms with Crippen molar-refractivity contribution in [3.63, 3.8) is 0 Å². The summed E-state index contributed by atoms with van der Waals surface area (Å²) in [4.78, 5) is 27.1. The number of benzene rings is 2. The monoisotopic (exact) mass is 379 g/mol. The molecule has 0 radical (unpaired) electrons. The average Bonchev–Trinajstić information content (AvgIpc) is 3.13. The van der Waals surface area contributed by atoms with Crippen LogP contribution in [0.15, 0.2) is 47.4 Å². The number of hydrogen-bond acceptors (Lipinski definition) is 5. The number of amides is 1. The molecule has 6 heteroatoms. The van der Waals surface area contributed by atoms with E-state index in [0.29, 0.717) is 5.69 Å². The molecule has 1 aliphatic heterocycles. The number of carbonyl (C=O) groups is 2. The second kappa shape index (κ2) is 8.28. The maximum Gasteiger partial charge on any atom is 0.235 e. The van der Waals surface area contributed by atoms with Crippen LogP contribution in [-0.4, -0.2) is 24.1 Å². The maximum absolute atomic E-state index is 12.6. The highest BCUT2D eigenvalue weighted by atomic mass is 32.2. The highest BCUT2D eigenvalue weighted by molar-refractivity contribution is 7.99. The number of hydrogen-bond donors (Lipinski definition) is 1. The smallest absolute Gasteiger partial charge is 0.235 e. The van der Waals surface area contributed by atoms with Gasteiger partial charge in [0, 0.05) is 22.2 Å². The number of nitrogens with zero attached hydrogens (tertiary/aromatic N) is 2. The van der Waals surface area contributed by atoms with E-state index in [0.717, 1.165) is 22.7 Å². The number of Topliss-reactive ketones (excluding diaryl/α,β-unsaturated/α-hetero) is 1. The first kappa shape index (κ1) is 19.0. The van der Waals surface area contributed by atoms with Crippen molar-refractivity contribution in [1.29, 1.82) is 5.26 Å². The van der Waals surface area contributed by atoms with E-state index in [1.165, 1.54) is 9.80 Å². The van der Waals surface area contributed by atoms with Gasteiger partial charge in [0.25, 0.3) is 0 Å². The zero-order valence-electron chi connectivity index (χ0n) is 15.4. The summed E-state index contributed by atoms with van der Waals surface area (Å²) in [5.41, 5.74) is 3.78. The van der Waals surface area contributed by atoms with Crippen LogP contribution in [0.3, 0.4) is 0 Å². The first-order chi connectivity index (χ1) is 13.0. The van der Waals surface area contributed by atoms with Gasteiger partial charge in [-0.25, -0.2) is 0 Å². The topological polar surface area (TPSA) is 73.2 Å². The summed E-state index contributed by atoms with van der Waals surface area (Å²) < 4.78 is 0. The summed E-state index contributed by atoms with van der Waals surface area (Å²) in [6, 6.07) is 15.8. The third-order valence-corrected chi connectivity index (χ3v) is 5.40. The van der Waals surface area contributed by atoms with Crippen molar-refractivity contribution in [2.45, 2.75) is 25.2 Å². The van der Waals surface area contributed by atoms with Crippen molar-refractivity contribution < 1.29 is 9.59 Å². The number of anilines is 2. The molecule has 1 amide bonds. The molecule has 0 unspecified atom stereocenters. The SMILES string of the molecule is CC(C)C(=O)CC(=O)N(CC#N)c1cccc(-c2ccc3c(c2)SCN3)c1. The van der Waals surface area contributed by atoms with Crippen LogP contribution >= 0.6 is 11.8 Å². The van der Waals surface area contributed by atoms with Gasteiger partial charge in [-0.15, -0.1) is 11.8 Å². The molecule has 0 aromatic heterocycles. The Hall–Kier alpha value is -2.78. The Morgan fingerprint density at radius 3 is 2.74 bits per heavy atom. The summed E-state index contributed by atoms with van der Waals surface area (Å²) in [6.07, 6.45) is -0.190. The Labute approximate surface area is 163 Å². The molecule has 27 heavy (non-hydrogen) atoms. The minimum atomic E-state index is -0.346. The van der Waals surface area contributed by atoms with Gasteiger partial charge in [-0.1, -0.05) is 32.0 Å². The maximum atomic E-state index is 12.6. The van der Waals surface area contributed by atoms with Crippen LogP contribution in [0, 0.1) is 17.2 Å². The fourth-order valence-corrected chi connectivity index (χ4v) is 3.74. The molecule has 1 heterocycles. The highest BCUT2D eigenvalue weighted by Gasteiger charge is 2.21. The predicted octanol–water partition coefficient (Wildman–Crippen LogP) is 4.30. The van der Waals surface area contributed by atoms with Crippen LogP contribution in [-0.2, 0) is 9.59 Å². The van der Waals surface area contributed by atoms with Gasteiger partial charge in [0.05, 0.1) is 18.4 Å². The highest BCUT2D eigenvalue weighted by Crippen LogP contribution is 2.37. The molecule has 0 aliphatic carbocycles. The molecule has 1 N–H and O–H groups in total. The van der Waals surface area contributed by atoms with E-state index in [4.69, 9.17) is 5.26 Å². The van der Waals surface area contributed by atoms with E-state index < -0.39 is 0 Å². The molecule has 0 saturated heterocycles. The van der Waals surface area contributed by atoms with Crippen LogP contribution in [0.5, 0.6) is 0 Å². The first-order valence-corrected chi connectivity index (χ1v) is 9.79. The van der Waals surface area contributed by atoms with Gasteiger partial charge < -0.3 is 5.32 Å². The van der Waals surface area contributed by atoms with Gasteiger partial charge in [-0.05, 0) is 35.4 Å². The van der Waals surface area contributed by atoms with Crippen molar-refractivity contribution in [2.75, 3.05) is 22.6 Å². The average molecular weight is 379 g/mol. The first-order valence-electron chi connectivity index (χ1n) is 8.81. The van der Waals surface area contributed by atoms with Crippen LogP contribution in [0.2, 0.25) is 0 Å². The lowest BCUT2D eigenvalue weighted by atomic mass is 10.0. The fourth-order valence-electron chi connectivity index (χ4n) is 2.86. The predicted molar refractivity (Wildman–Crippen MR) is 109 cm³/mol. The summed E-state index contributed by atoms with van der Waals surface area (Å²) in [7, 11) is 0. The lowest BCUT2D eigenvalue weighted by molar-refractivity contribution is -0.128. The second-order valence-electron chi connectivity index (χ2n) is 6.66. The van der Waals surface area contributed by atoms with E-state index in [9.17, 15) is 9.59 Å². The zero-order chi connectivity index (χ0) is 19.4. The molecule has 2 aromatic carbocycles. The van der Waals surface area contributed by atoms with Crippen LogP contribution in [0.4, 0.5) is 11.4 Å². The van der Waals surface area contributed by atoms with Gasteiger partial charge >= 0.3 is 0 Å². The molecule has 0 fully saturated rings. The molecule has 138 valence electrons. The molecule has 0 saturated carbocycles. The number of carbonyl (C=O) groups excluding carboxylic acids is 2. The van der Waals surface area contributed by atoms with Gasteiger partial charge in [-0.3, -0.25) is 14.5 Å². The molecule has 0 bridgehead atoms. The molecule has 1 aliphatic rings. The van der Waals surface area contributed by atoms with Crippen LogP contribution < -0.4 is 10.2 Å². The summed E-state index contributed by atoms with van der Waals surface area (Å²) in [6.45, 7) is 3.45. The second-order valence-corrected chi connectivity index (χ2v) is 7.68. The van der Waals surface area contributed by atoms with E-state index >= 15 is 0 Å². The molecular weight excluding hydrogens is 358 g/mol. The molecule has 0 atom stereocenters. The minimum Gasteiger partial charge on any atom is -0.375 e. The van der Waals surface area contributed by atoms with Gasteiger partial charge in [0.2, 0.25) is 5.91 Å². The van der Waals surface area contributed by atoms with Gasteiger partial charge in [0.15, 0.2) is 0 Å². The number of thioether (sulfide) groups is 1. The van der Waals surface area contributed by atoms with E-state index in [-0.39, 0.29) is 30.6 Å². The van der Waals surface area contributed by atoms with Crippen molar-refractivity contribution in [3.8, 4) is 17.2 Å². The number of rotatable bonds is 6. The van der Waals surface area contributed by atoms with Gasteiger partial charge in [0.1, 0.15) is 12.3 Å². The largest absolute Gasteiger partial charge is 0.375 e. The van der Waals surface area contributed by atoms with Crippen molar-refractivity contribution in [3.05, 3.63) is 42.5 Å². The Kier molecular flexibility index (Phi) is 5.82. The molecule has 5 nitrogen and oxygen atoms in total. The van der Waals surface area contributed by atoms with Gasteiger partial charge in [-0.2, -0.15) is 5.26 Å². The molecule has 3 rings (SSSR count). The summed E-state index contributed by atoms with van der Waals surface area (Å²) in [5.74, 6) is 0.192. The molecule has 2 aromatic rings. The number of nitriles is 1. The lowest BCUT2D eigenvalue weighted by Gasteiger charge is -2.21. The lowest BCUT2D eigenvalue weighted by Crippen LogP contribution is -2.33. The van der Waals surface area contributed by atoms with E-state index in [1.807, 2.05) is 30.3 Å². The van der Waals surface area contributed by atoms with Crippen LogP contribution in [0.1, 0.15) is 20.3 Å². The summed E-state index contributed by atoms with van der Waals surface area (Å²) >= 11 is 1.75. The fraction of sp³-hybridized carbons (Fsp3) is 0.286. The quantitative estimate of drug-likeness (QED) is 0.598. The van der Waals surface area contributed by atoms with Crippen LogP contribution in [0.25, 0.3) is 11.1 Å². The number of nitrogens with one attached hydrogen (secondary N) is 1. The Morgan fingerprint density at radius 2 is 2.00 bits per heavy atom. The van der Waals surface area contributed by atoms with Crippen molar-refractivity contribution in [2.24, 2.45) is 5.92 Å². The normalized spacial score (nSPS) is 12.2. The molecular formula is C21H21N3O2S. The minimum absolute atomic E-state index is 0.0857. The third kappa shape index (κ3) is 4.32.